The average molecular weight is 321 g/mol. The summed E-state index contributed by atoms with van der Waals surface area (Å²) in [5.41, 5.74) is 2.11. The van der Waals surface area contributed by atoms with Gasteiger partial charge in [-0.15, -0.1) is 0 Å². The Labute approximate surface area is 133 Å². The molecular formula is C16H19NO6. The maximum Gasteiger partial charge on any atom is 0.235 e. The van der Waals surface area contributed by atoms with E-state index in [-0.39, 0.29) is 30.5 Å². The number of nitrogens with zero attached hydrogens (tertiary/aromatic N) is 1. The highest BCUT2D eigenvalue weighted by Gasteiger charge is 2.71. The van der Waals surface area contributed by atoms with Crippen molar-refractivity contribution in [3.63, 3.8) is 0 Å². The molecule has 2 N–H and O–H groups in total. The zero-order chi connectivity index (χ0) is 16.0. The number of hydrogen-bond acceptors (Lipinski definition) is 7. The summed E-state index contributed by atoms with van der Waals surface area (Å²) in [7, 11) is 0. The van der Waals surface area contributed by atoms with Gasteiger partial charge in [-0.3, -0.25) is 0 Å². The third-order valence-corrected chi connectivity index (χ3v) is 5.06. The number of rotatable bonds is 1. The first kappa shape index (κ1) is 14.0. The Morgan fingerprint density at radius 3 is 2.96 bits per heavy atom. The number of anilines is 1. The molecule has 0 radical (unpaired) electrons. The first-order valence-electron chi connectivity index (χ1n) is 7.86. The van der Waals surface area contributed by atoms with Gasteiger partial charge in [0.2, 0.25) is 5.79 Å². The second kappa shape index (κ2) is 4.17. The van der Waals surface area contributed by atoms with E-state index in [9.17, 15) is 10.2 Å². The molecule has 4 atom stereocenters. The van der Waals surface area contributed by atoms with Gasteiger partial charge < -0.3 is 24.4 Å². The maximum absolute atomic E-state index is 10.5. The highest BCUT2D eigenvalue weighted by Crippen LogP contribution is 2.59. The Balaban J connectivity index is 1.70. The van der Waals surface area contributed by atoms with Crippen molar-refractivity contribution in [3.05, 3.63) is 23.3 Å². The molecule has 1 spiro atoms. The summed E-state index contributed by atoms with van der Waals surface area (Å²) in [4.78, 5) is 6.20. The van der Waals surface area contributed by atoms with E-state index < -0.39 is 11.6 Å². The van der Waals surface area contributed by atoms with Crippen LogP contribution in [0, 0.1) is 0 Å². The molecule has 4 aliphatic heterocycles. The summed E-state index contributed by atoms with van der Waals surface area (Å²) in [6.45, 7) is 4.49. The fourth-order valence-electron chi connectivity index (χ4n) is 4.05. The Hall–Kier alpha value is -1.38. The first-order chi connectivity index (χ1) is 10.9. The molecule has 1 aromatic rings. The molecule has 3 fully saturated rings. The number of hydrogen-bond donors (Lipinski definition) is 2. The molecule has 7 nitrogen and oxygen atoms in total. The molecule has 4 aliphatic rings. The average Bonchev–Trinajstić information content (AvgIpc) is 3.26. The number of phenolic OH excluding ortho intramolecular Hbond substituents is 1. The highest BCUT2D eigenvalue weighted by atomic mass is 16.9. The van der Waals surface area contributed by atoms with Crippen molar-refractivity contribution in [3.8, 4) is 5.75 Å². The Bertz CT molecular complexity index is 691. The van der Waals surface area contributed by atoms with Crippen LogP contribution < -0.4 is 5.06 Å². The van der Waals surface area contributed by atoms with E-state index in [2.05, 4.69) is 0 Å². The quantitative estimate of drug-likeness (QED) is 0.746. The van der Waals surface area contributed by atoms with Crippen molar-refractivity contribution < 1.29 is 29.3 Å². The number of ether oxygens (including phenoxy) is 3. The molecule has 5 rings (SSSR count). The van der Waals surface area contributed by atoms with Crippen molar-refractivity contribution >= 4 is 5.69 Å². The third-order valence-electron chi connectivity index (χ3n) is 5.06. The number of aliphatic hydroxyl groups is 1. The Morgan fingerprint density at radius 2 is 2.17 bits per heavy atom. The van der Waals surface area contributed by atoms with Crippen LogP contribution in [0.1, 0.15) is 30.9 Å². The first-order valence-corrected chi connectivity index (χ1v) is 7.86. The number of aromatic hydroxyl groups is 1. The second-order valence-electron chi connectivity index (χ2n) is 7.04. The minimum Gasteiger partial charge on any atom is -0.508 e. The number of hydroxylamine groups is 1. The lowest BCUT2D eigenvalue weighted by Gasteiger charge is -2.55. The molecule has 0 unspecified atom stereocenters. The predicted molar refractivity (Wildman–Crippen MR) is 77.7 cm³/mol. The Morgan fingerprint density at radius 1 is 1.35 bits per heavy atom. The standard InChI is InChI=1S/C16H19NO6/c1-15(2)20-7-9-13-10(3-8(6-18)4-11(13)19)17-5-12-14(21-12)16(9,22-15)23-17/h3-4,9,12,14,18-19H,5-7H2,1-2H3/t9-,12+,14+,16-/m0/s1. The SMILES string of the molecule is CC1(C)OC[C@H]2c3c(O)cc(CO)cc3N3C[C@H]4O[C@H]4[C@]2(O3)O1. The molecule has 0 saturated carbocycles. The second-order valence-corrected chi connectivity index (χ2v) is 7.04. The topological polar surface area (TPSA) is 83.9 Å². The molecule has 1 aromatic carbocycles. The van der Waals surface area contributed by atoms with Gasteiger partial charge in [-0.25, -0.2) is 9.90 Å². The number of epoxide rings is 1. The van der Waals surface area contributed by atoms with E-state index >= 15 is 0 Å². The fraction of sp³-hybridized carbons (Fsp3) is 0.625. The molecule has 0 amide bonds. The van der Waals surface area contributed by atoms with Crippen LogP contribution in [0.25, 0.3) is 0 Å². The van der Waals surface area contributed by atoms with Gasteiger partial charge in [-0.2, -0.15) is 0 Å². The van der Waals surface area contributed by atoms with Crippen LogP contribution in [0.15, 0.2) is 12.1 Å². The number of fused-ring (bicyclic) bond motifs is 5. The van der Waals surface area contributed by atoms with Crippen LogP contribution in [-0.2, 0) is 25.7 Å². The molecule has 4 heterocycles. The number of benzene rings is 1. The van der Waals surface area contributed by atoms with Crippen LogP contribution in [0.3, 0.4) is 0 Å². The van der Waals surface area contributed by atoms with Crippen LogP contribution in [-0.4, -0.2) is 47.1 Å². The van der Waals surface area contributed by atoms with Crippen molar-refractivity contribution in [2.24, 2.45) is 0 Å². The van der Waals surface area contributed by atoms with Gasteiger partial charge in [-0.1, -0.05) is 0 Å². The third kappa shape index (κ3) is 1.77. The summed E-state index contributed by atoms with van der Waals surface area (Å²) in [6.07, 6.45) is -0.106. The molecule has 7 heteroatoms. The minimum absolute atomic E-state index is 0.0493. The number of phenols is 1. The van der Waals surface area contributed by atoms with Crippen molar-refractivity contribution in [2.45, 2.75) is 50.2 Å². The Kier molecular flexibility index (Phi) is 2.54. The molecule has 23 heavy (non-hydrogen) atoms. The molecular weight excluding hydrogens is 302 g/mol. The van der Waals surface area contributed by atoms with Crippen molar-refractivity contribution in [2.75, 3.05) is 18.2 Å². The van der Waals surface area contributed by atoms with Crippen LogP contribution >= 0.6 is 0 Å². The van der Waals surface area contributed by atoms with Crippen LogP contribution in [0.4, 0.5) is 5.69 Å². The zero-order valence-electron chi connectivity index (χ0n) is 13.0. The summed E-state index contributed by atoms with van der Waals surface area (Å²) in [5.74, 6) is -1.92. The van der Waals surface area contributed by atoms with E-state index in [4.69, 9.17) is 19.0 Å². The fourth-order valence-corrected chi connectivity index (χ4v) is 4.05. The van der Waals surface area contributed by atoms with Crippen LogP contribution in [0.5, 0.6) is 5.75 Å². The molecule has 0 aromatic heterocycles. The highest BCUT2D eigenvalue weighted by molar-refractivity contribution is 5.64. The summed E-state index contributed by atoms with van der Waals surface area (Å²) < 4.78 is 17.8. The van der Waals surface area contributed by atoms with Crippen LogP contribution in [0.2, 0.25) is 0 Å². The normalized spacial score (nSPS) is 39.3. The molecule has 2 bridgehead atoms. The summed E-state index contributed by atoms with van der Waals surface area (Å²) in [5, 5.41) is 21.7. The van der Waals surface area contributed by atoms with Gasteiger partial charge in [0.15, 0.2) is 5.79 Å². The summed E-state index contributed by atoms with van der Waals surface area (Å²) in [6, 6.07) is 3.42. The van der Waals surface area contributed by atoms with Crippen molar-refractivity contribution in [1.29, 1.82) is 0 Å². The maximum atomic E-state index is 10.5. The summed E-state index contributed by atoms with van der Waals surface area (Å²) >= 11 is 0. The van der Waals surface area contributed by atoms with E-state index in [1.54, 1.807) is 11.1 Å². The zero-order valence-corrected chi connectivity index (χ0v) is 13.0. The largest absolute Gasteiger partial charge is 0.508 e. The lowest BCUT2D eigenvalue weighted by Crippen LogP contribution is -2.66. The van der Waals surface area contributed by atoms with E-state index in [0.29, 0.717) is 18.7 Å². The monoisotopic (exact) mass is 321 g/mol. The molecule has 3 saturated heterocycles. The number of aliphatic hydroxyl groups excluding tert-OH is 1. The van der Waals surface area contributed by atoms with Gasteiger partial charge in [-0.05, 0) is 31.5 Å². The van der Waals surface area contributed by atoms with Gasteiger partial charge >= 0.3 is 0 Å². The predicted octanol–water partition coefficient (Wildman–Crippen LogP) is 0.980. The van der Waals surface area contributed by atoms with E-state index in [0.717, 1.165) is 11.3 Å². The minimum atomic E-state index is -0.976. The van der Waals surface area contributed by atoms with Gasteiger partial charge in [0.25, 0.3) is 0 Å². The van der Waals surface area contributed by atoms with Gasteiger partial charge in [0.1, 0.15) is 18.0 Å². The van der Waals surface area contributed by atoms with Gasteiger partial charge in [0, 0.05) is 5.56 Å². The molecule has 0 aliphatic carbocycles. The van der Waals surface area contributed by atoms with Crippen molar-refractivity contribution in [1.82, 2.24) is 0 Å². The smallest absolute Gasteiger partial charge is 0.235 e. The lowest BCUT2D eigenvalue weighted by atomic mass is 9.81. The van der Waals surface area contributed by atoms with E-state index in [1.807, 2.05) is 19.9 Å². The van der Waals surface area contributed by atoms with E-state index in [1.165, 1.54) is 0 Å². The van der Waals surface area contributed by atoms with Gasteiger partial charge in [0.05, 0.1) is 31.4 Å². The lowest BCUT2D eigenvalue weighted by molar-refractivity contribution is -0.406. The molecule has 124 valence electrons.